The Morgan fingerprint density at radius 3 is 2.50 bits per heavy atom. The third kappa shape index (κ3) is 8.36. The second-order valence-corrected chi connectivity index (χ2v) is 6.40. The van der Waals surface area contributed by atoms with Crippen LogP contribution in [0.3, 0.4) is 0 Å². The Labute approximate surface area is 78.5 Å². The van der Waals surface area contributed by atoms with Gasteiger partial charge in [0.05, 0.1) is 5.75 Å². The molecule has 3 nitrogen and oxygen atoms in total. The van der Waals surface area contributed by atoms with E-state index in [0.29, 0.717) is 5.75 Å². The molecule has 0 aromatic rings. The van der Waals surface area contributed by atoms with Crippen molar-refractivity contribution in [2.45, 2.75) is 6.92 Å². The average molecular weight is 212 g/mol. The predicted molar refractivity (Wildman–Crippen MR) is 53.3 cm³/mol. The Morgan fingerprint density at radius 1 is 1.50 bits per heavy atom. The first-order valence-electron chi connectivity index (χ1n) is 3.82. The van der Waals surface area contributed by atoms with Crippen molar-refractivity contribution < 1.29 is 13.5 Å². The maximum absolute atomic E-state index is 10.7. The molecule has 0 aromatic heterocycles. The SMILES string of the molecule is CC(CO)CSCCS(C)(=O)=O. The van der Waals surface area contributed by atoms with Gasteiger partial charge in [0.2, 0.25) is 0 Å². The number of aliphatic hydroxyl groups is 1. The van der Waals surface area contributed by atoms with Gasteiger partial charge in [0.1, 0.15) is 9.84 Å². The van der Waals surface area contributed by atoms with E-state index in [1.807, 2.05) is 6.92 Å². The molecular formula is C7H16O3S2. The molecule has 0 heterocycles. The zero-order valence-electron chi connectivity index (χ0n) is 7.49. The summed E-state index contributed by atoms with van der Waals surface area (Å²) in [6.45, 7) is 2.11. The van der Waals surface area contributed by atoms with E-state index in [2.05, 4.69) is 0 Å². The van der Waals surface area contributed by atoms with Crippen LogP contribution in [-0.2, 0) is 9.84 Å². The van der Waals surface area contributed by atoms with Crippen molar-refractivity contribution in [1.29, 1.82) is 0 Å². The van der Waals surface area contributed by atoms with Crippen LogP contribution < -0.4 is 0 Å². The first-order chi connectivity index (χ1) is 5.45. The molecule has 12 heavy (non-hydrogen) atoms. The van der Waals surface area contributed by atoms with Gasteiger partial charge >= 0.3 is 0 Å². The topological polar surface area (TPSA) is 54.4 Å². The second kappa shape index (κ2) is 5.83. The molecule has 1 N–H and O–H groups in total. The van der Waals surface area contributed by atoms with Crippen LogP contribution in [0.25, 0.3) is 0 Å². The maximum Gasteiger partial charge on any atom is 0.148 e. The summed E-state index contributed by atoms with van der Waals surface area (Å²) in [5, 5.41) is 8.66. The van der Waals surface area contributed by atoms with E-state index in [-0.39, 0.29) is 18.3 Å². The van der Waals surface area contributed by atoms with Gasteiger partial charge in [0, 0.05) is 18.6 Å². The summed E-state index contributed by atoms with van der Waals surface area (Å²) in [4.78, 5) is 0. The average Bonchev–Trinajstić information content (AvgIpc) is 1.96. The van der Waals surface area contributed by atoms with E-state index in [1.54, 1.807) is 11.8 Å². The van der Waals surface area contributed by atoms with E-state index in [0.717, 1.165) is 5.75 Å². The molecule has 1 unspecified atom stereocenters. The van der Waals surface area contributed by atoms with Gasteiger partial charge < -0.3 is 5.11 Å². The molecule has 0 spiro atoms. The zero-order chi connectivity index (χ0) is 9.61. The minimum Gasteiger partial charge on any atom is -0.396 e. The molecule has 0 saturated carbocycles. The molecule has 5 heteroatoms. The van der Waals surface area contributed by atoms with Crippen molar-refractivity contribution in [3.8, 4) is 0 Å². The fraction of sp³-hybridized carbons (Fsp3) is 1.00. The van der Waals surface area contributed by atoms with Crippen LogP contribution >= 0.6 is 11.8 Å². The number of rotatable bonds is 6. The summed E-state index contributed by atoms with van der Waals surface area (Å²) in [7, 11) is -2.81. The van der Waals surface area contributed by atoms with Crippen molar-refractivity contribution in [2.75, 3.05) is 30.1 Å². The molecule has 0 aliphatic rings. The third-order valence-electron chi connectivity index (χ3n) is 1.31. The van der Waals surface area contributed by atoms with Crippen molar-refractivity contribution in [3.05, 3.63) is 0 Å². The Hall–Kier alpha value is 0.260. The van der Waals surface area contributed by atoms with Crippen molar-refractivity contribution in [1.82, 2.24) is 0 Å². The molecule has 0 fully saturated rings. The maximum atomic E-state index is 10.7. The van der Waals surface area contributed by atoms with Crippen LogP contribution in [0.1, 0.15) is 6.92 Å². The molecule has 0 radical (unpaired) electrons. The van der Waals surface area contributed by atoms with Gasteiger partial charge in [-0.05, 0) is 11.7 Å². The van der Waals surface area contributed by atoms with Crippen LogP contribution in [0, 0.1) is 5.92 Å². The van der Waals surface area contributed by atoms with Gasteiger partial charge in [-0.15, -0.1) is 0 Å². The Balaban J connectivity index is 3.34. The molecule has 1 atom stereocenters. The van der Waals surface area contributed by atoms with Crippen LogP contribution in [0.4, 0.5) is 0 Å². The van der Waals surface area contributed by atoms with Crippen molar-refractivity contribution in [3.63, 3.8) is 0 Å². The molecule has 74 valence electrons. The first kappa shape index (κ1) is 12.3. The van der Waals surface area contributed by atoms with Gasteiger partial charge in [0.15, 0.2) is 0 Å². The Morgan fingerprint density at radius 2 is 2.08 bits per heavy atom. The fourth-order valence-corrected chi connectivity index (χ4v) is 2.90. The number of sulfone groups is 1. The predicted octanol–water partition coefficient (Wildman–Crippen LogP) is 0.393. The quantitative estimate of drug-likeness (QED) is 0.647. The largest absolute Gasteiger partial charge is 0.396 e. The number of hydrogen-bond acceptors (Lipinski definition) is 4. The highest BCUT2D eigenvalue weighted by molar-refractivity contribution is 8.00. The lowest BCUT2D eigenvalue weighted by Gasteiger charge is -2.05. The van der Waals surface area contributed by atoms with E-state index in [4.69, 9.17) is 5.11 Å². The Bertz CT molecular complexity index is 199. The van der Waals surface area contributed by atoms with Gasteiger partial charge in [0.25, 0.3) is 0 Å². The van der Waals surface area contributed by atoms with E-state index in [1.165, 1.54) is 6.26 Å². The first-order valence-corrected chi connectivity index (χ1v) is 7.03. The smallest absolute Gasteiger partial charge is 0.148 e. The Kier molecular flexibility index (Phi) is 5.96. The normalized spacial score (nSPS) is 14.6. The van der Waals surface area contributed by atoms with Crippen LogP contribution in [0.5, 0.6) is 0 Å². The summed E-state index contributed by atoms with van der Waals surface area (Å²) in [5.74, 6) is 1.94. The van der Waals surface area contributed by atoms with E-state index >= 15 is 0 Å². The molecule has 0 saturated heterocycles. The molecule has 0 bridgehead atoms. The summed E-state index contributed by atoms with van der Waals surface area (Å²) in [6.07, 6.45) is 1.24. The second-order valence-electron chi connectivity index (χ2n) is 2.99. The summed E-state index contributed by atoms with van der Waals surface area (Å²) >= 11 is 1.57. The molecule has 0 aromatic carbocycles. The lowest BCUT2D eigenvalue weighted by atomic mass is 10.2. The standard InChI is InChI=1S/C7H16O3S2/c1-7(5-8)6-11-3-4-12(2,9)10/h7-8H,3-6H2,1-2H3. The van der Waals surface area contributed by atoms with Gasteiger partial charge in [-0.3, -0.25) is 0 Å². The zero-order valence-corrected chi connectivity index (χ0v) is 9.12. The molecule has 0 aliphatic heterocycles. The van der Waals surface area contributed by atoms with Crippen LogP contribution in [0.15, 0.2) is 0 Å². The lowest BCUT2D eigenvalue weighted by molar-refractivity contribution is 0.250. The van der Waals surface area contributed by atoms with Crippen LogP contribution in [-0.4, -0.2) is 43.6 Å². The minimum atomic E-state index is -2.81. The van der Waals surface area contributed by atoms with Crippen LogP contribution in [0.2, 0.25) is 0 Å². The minimum absolute atomic E-state index is 0.172. The monoisotopic (exact) mass is 212 g/mol. The fourth-order valence-electron chi connectivity index (χ4n) is 0.548. The van der Waals surface area contributed by atoms with Gasteiger partial charge in [-0.1, -0.05) is 6.92 Å². The van der Waals surface area contributed by atoms with Gasteiger partial charge in [-0.25, -0.2) is 8.42 Å². The lowest BCUT2D eigenvalue weighted by Crippen LogP contribution is -2.08. The highest BCUT2D eigenvalue weighted by Crippen LogP contribution is 2.07. The summed E-state index contributed by atoms with van der Waals surface area (Å²) in [5.41, 5.74) is 0. The van der Waals surface area contributed by atoms with Crippen molar-refractivity contribution >= 4 is 21.6 Å². The van der Waals surface area contributed by atoms with E-state index < -0.39 is 9.84 Å². The van der Waals surface area contributed by atoms with Gasteiger partial charge in [-0.2, -0.15) is 11.8 Å². The molecule has 0 aliphatic carbocycles. The molecule has 0 rings (SSSR count). The molecule has 0 amide bonds. The molecular weight excluding hydrogens is 196 g/mol. The highest BCUT2D eigenvalue weighted by Gasteiger charge is 2.03. The summed E-state index contributed by atoms with van der Waals surface area (Å²) < 4.78 is 21.4. The number of hydrogen-bond donors (Lipinski definition) is 1. The summed E-state index contributed by atoms with van der Waals surface area (Å²) in [6, 6.07) is 0. The number of aliphatic hydroxyl groups excluding tert-OH is 1. The number of thioether (sulfide) groups is 1. The van der Waals surface area contributed by atoms with E-state index in [9.17, 15) is 8.42 Å². The third-order valence-corrected chi connectivity index (χ3v) is 3.81. The van der Waals surface area contributed by atoms with Crippen molar-refractivity contribution in [2.24, 2.45) is 5.92 Å². The highest BCUT2D eigenvalue weighted by atomic mass is 32.2.